The summed E-state index contributed by atoms with van der Waals surface area (Å²) in [5.41, 5.74) is 2.66. The number of rotatable bonds is 8. The van der Waals surface area contributed by atoms with Gasteiger partial charge in [0, 0.05) is 37.9 Å². The summed E-state index contributed by atoms with van der Waals surface area (Å²) in [7, 11) is 0. The Hall–Kier alpha value is -1.59. The van der Waals surface area contributed by atoms with Gasteiger partial charge in [0.1, 0.15) is 5.76 Å². The molecule has 0 aromatic carbocycles. The van der Waals surface area contributed by atoms with Crippen LogP contribution in [-0.2, 0) is 24.4 Å². The molecule has 0 saturated heterocycles. The van der Waals surface area contributed by atoms with Crippen LogP contribution in [0.15, 0.2) is 29.1 Å². The summed E-state index contributed by atoms with van der Waals surface area (Å²) in [5.74, 6) is 3.13. The van der Waals surface area contributed by atoms with Gasteiger partial charge in [-0.15, -0.1) is 0 Å². The minimum absolute atomic E-state index is 0.415. The third kappa shape index (κ3) is 3.67. The van der Waals surface area contributed by atoms with E-state index >= 15 is 0 Å². The summed E-state index contributed by atoms with van der Waals surface area (Å²) in [6.45, 7) is 5.66. The Labute approximate surface area is 149 Å². The zero-order valence-electron chi connectivity index (χ0n) is 14.8. The minimum atomic E-state index is 0.415. The van der Waals surface area contributed by atoms with Gasteiger partial charge in [0.25, 0.3) is 0 Å². The lowest BCUT2D eigenvalue weighted by molar-refractivity contribution is 0.0847. The number of nitrogens with zero attached hydrogens (tertiary/aromatic N) is 3. The van der Waals surface area contributed by atoms with Crippen molar-refractivity contribution < 1.29 is 9.15 Å². The summed E-state index contributed by atoms with van der Waals surface area (Å²) in [4.78, 5) is 7.20. The number of fused-ring (bicyclic) bond motifs is 1. The van der Waals surface area contributed by atoms with Gasteiger partial charge in [-0.1, -0.05) is 0 Å². The molecule has 2 aliphatic carbocycles. The van der Waals surface area contributed by atoms with Crippen molar-refractivity contribution in [1.29, 1.82) is 0 Å². The molecule has 2 fully saturated rings. The van der Waals surface area contributed by atoms with Crippen molar-refractivity contribution in [2.24, 2.45) is 11.8 Å². The van der Waals surface area contributed by atoms with Crippen LogP contribution in [0.4, 0.5) is 0 Å². The Morgan fingerprint density at radius 1 is 1.16 bits per heavy atom. The summed E-state index contributed by atoms with van der Waals surface area (Å²) in [5, 5.41) is 0. The van der Waals surface area contributed by atoms with E-state index in [0.29, 0.717) is 5.92 Å². The first kappa shape index (κ1) is 15.6. The van der Waals surface area contributed by atoms with E-state index < -0.39 is 0 Å². The van der Waals surface area contributed by atoms with Crippen molar-refractivity contribution >= 4 is 0 Å². The maximum atomic E-state index is 6.09. The molecule has 1 atom stereocenters. The van der Waals surface area contributed by atoms with Gasteiger partial charge in [0.15, 0.2) is 0 Å². The van der Waals surface area contributed by atoms with E-state index in [0.717, 1.165) is 57.0 Å². The fourth-order valence-corrected chi connectivity index (χ4v) is 3.96. The van der Waals surface area contributed by atoms with E-state index in [-0.39, 0.29) is 0 Å². The van der Waals surface area contributed by atoms with E-state index in [1.165, 1.54) is 37.1 Å². The van der Waals surface area contributed by atoms with Crippen LogP contribution < -0.4 is 0 Å². The molecule has 5 rings (SSSR count). The van der Waals surface area contributed by atoms with E-state index in [4.69, 9.17) is 14.1 Å². The van der Waals surface area contributed by atoms with Gasteiger partial charge >= 0.3 is 0 Å². The van der Waals surface area contributed by atoms with E-state index in [2.05, 4.69) is 21.9 Å². The van der Waals surface area contributed by atoms with Gasteiger partial charge in [-0.3, -0.25) is 4.90 Å². The highest BCUT2D eigenvalue weighted by molar-refractivity contribution is 5.22. The van der Waals surface area contributed by atoms with Crippen LogP contribution in [0.25, 0.3) is 0 Å². The van der Waals surface area contributed by atoms with E-state index in [1.54, 1.807) is 6.26 Å². The summed E-state index contributed by atoms with van der Waals surface area (Å²) in [6, 6.07) is 4.02. The molecule has 2 saturated carbocycles. The first-order chi connectivity index (χ1) is 12.3. The monoisotopic (exact) mass is 341 g/mol. The van der Waals surface area contributed by atoms with Crippen LogP contribution in [0.2, 0.25) is 0 Å². The molecule has 0 N–H and O–H groups in total. The van der Waals surface area contributed by atoms with Gasteiger partial charge in [-0.2, -0.15) is 0 Å². The molecule has 5 nitrogen and oxygen atoms in total. The standard InChI is InChI=1S/C20H27N3O2/c1-2-18(25-7-1)10-22-9-17(13-24-12-16-5-6-16)20-19(11-22)21-14-23(20)8-15-3-4-15/h1-2,7,14-17H,3-6,8-13H2/t17-/m1/s1. The normalized spacial score (nSPS) is 23.8. The largest absolute Gasteiger partial charge is 0.468 e. The molecule has 1 aliphatic heterocycles. The number of aromatic nitrogens is 2. The Kier molecular flexibility index (Phi) is 4.14. The second kappa shape index (κ2) is 6.61. The number of furan rings is 1. The molecule has 0 unspecified atom stereocenters. The second-order valence-corrected chi connectivity index (χ2v) is 8.10. The average Bonchev–Trinajstić information content (AvgIpc) is 3.51. The maximum Gasteiger partial charge on any atom is 0.117 e. The SMILES string of the molecule is c1coc(CN2Cc3ncn(CC4CC4)c3[C@@H](COCC3CC3)C2)c1. The van der Waals surface area contributed by atoms with E-state index in [1.807, 2.05) is 6.07 Å². The van der Waals surface area contributed by atoms with Crippen LogP contribution in [0.5, 0.6) is 0 Å². The van der Waals surface area contributed by atoms with Crippen LogP contribution >= 0.6 is 0 Å². The molecule has 2 aromatic rings. The molecule has 5 heteroatoms. The van der Waals surface area contributed by atoms with Gasteiger partial charge < -0.3 is 13.7 Å². The Morgan fingerprint density at radius 3 is 2.80 bits per heavy atom. The fraction of sp³-hybridized carbons (Fsp3) is 0.650. The number of hydrogen-bond acceptors (Lipinski definition) is 4. The van der Waals surface area contributed by atoms with Crippen molar-refractivity contribution in [1.82, 2.24) is 14.5 Å². The average molecular weight is 341 g/mol. The smallest absolute Gasteiger partial charge is 0.117 e. The van der Waals surface area contributed by atoms with Gasteiger partial charge in [-0.05, 0) is 49.7 Å². The molecule has 0 bridgehead atoms. The quantitative estimate of drug-likeness (QED) is 0.738. The second-order valence-electron chi connectivity index (χ2n) is 8.10. The summed E-state index contributed by atoms with van der Waals surface area (Å²) in [6.07, 6.45) is 9.26. The van der Waals surface area contributed by atoms with E-state index in [9.17, 15) is 0 Å². The third-order valence-corrected chi connectivity index (χ3v) is 5.68. The molecular formula is C20H27N3O2. The Balaban J connectivity index is 1.32. The molecule has 25 heavy (non-hydrogen) atoms. The summed E-state index contributed by atoms with van der Waals surface area (Å²) < 4.78 is 14.1. The number of imidazole rings is 1. The van der Waals surface area contributed by atoms with Crippen LogP contribution in [0.3, 0.4) is 0 Å². The zero-order chi connectivity index (χ0) is 16.6. The molecule has 3 aliphatic rings. The Bertz CT molecular complexity index is 701. The molecular weight excluding hydrogens is 314 g/mol. The van der Waals surface area contributed by atoms with Gasteiger partial charge in [0.05, 0.1) is 31.4 Å². The molecule has 0 amide bonds. The number of hydrogen-bond donors (Lipinski definition) is 0. The highest BCUT2D eigenvalue weighted by Crippen LogP contribution is 2.35. The number of ether oxygens (including phenoxy) is 1. The highest BCUT2D eigenvalue weighted by Gasteiger charge is 2.32. The first-order valence-corrected chi connectivity index (χ1v) is 9.71. The maximum absolute atomic E-state index is 6.09. The molecule has 0 spiro atoms. The van der Waals surface area contributed by atoms with Gasteiger partial charge in [0.2, 0.25) is 0 Å². The topological polar surface area (TPSA) is 43.4 Å². The molecule has 0 radical (unpaired) electrons. The van der Waals surface area contributed by atoms with Crippen molar-refractivity contribution in [2.45, 2.75) is 51.2 Å². The highest BCUT2D eigenvalue weighted by atomic mass is 16.5. The fourth-order valence-electron chi connectivity index (χ4n) is 3.96. The predicted octanol–water partition coefficient (Wildman–Crippen LogP) is 3.41. The lowest BCUT2D eigenvalue weighted by Crippen LogP contribution is -2.36. The van der Waals surface area contributed by atoms with Crippen LogP contribution in [0.1, 0.15) is 48.7 Å². The van der Waals surface area contributed by atoms with Crippen molar-refractivity contribution in [3.8, 4) is 0 Å². The van der Waals surface area contributed by atoms with Crippen molar-refractivity contribution in [2.75, 3.05) is 19.8 Å². The van der Waals surface area contributed by atoms with Crippen LogP contribution in [0, 0.1) is 11.8 Å². The third-order valence-electron chi connectivity index (χ3n) is 5.68. The van der Waals surface area contributed by atoms with Crippen molar-refractivity contribution in [3.05, 3.63) is 41.9 Å². The molecule has 134 valence electrons. The molecule has 2 aromatic heterocycles. The first-order valence-electron chi connectivity index (χ1n) is 9.71. The summed E-state index contributed by atoms with van der Waals surface area (Å²) >= 11 is 0. The Morgan fingerprint density at radius 2 is 2.04 bits per heavy atom. The predicted molar refractivity (Wildman–Crippen MR) is 94.1 cm³/mol. The zero-order valence-corrected chi connectivity index (χ0v) is 14.8. The lowest BCUT2D eigenvalue weighted by Gasteiger charge is -2.32. The minimum Gasteiger partial charge on any atom is -0.468 e. The lowest BCUT2D eigenvalue weighted by atomic mass is 9.98. The van der Waals surface area contributed by atoms with Gasteiger partial charge in [-0.25, -0.2) is 4.98 Å². The molecule has 3 heterocycles. The van der Waals surface area contributed by atoms with Crippen molar-refractivity contribution in [3.63, 3.8) is 0 Å². The van der Waals surface area contributed by atoms with Crippen LogP contribution in [-0.4, -0.2) is 34.2 Å².